The number of nitrogens with zero attached hydrogens (tertiary/aromatic N) is 1. The fourth-order valence-corrected chi connectivity index (χ4v) is 2.10. The summed E-state index contributed by atoms with van der Waals surface area (Å²) in [5.41, 5.74) is -0.527. The molecule has 0 N–H and O–H groups in total. The number of Topliss-reactive ketones (excluding diaryl/α,β-unsaturated/α-hetero) is 1. The van der Waals surface area contributed by atoms with E-state index in [1.807, 2.05) is 0 Å². The average molecular weight is 277 g/mol. The second-order valence-corrected chi connectivity index (χ2v) is 4.26. The third-order valence-corrected chi connectivity index (χ3v) is 3.03. The number of fused-ring (bicyclic) bond motifs is 1. The molecule has 0 atom stereocenters. The SMILES string of the molecule is O=C1C(c2ccc(F)c(F)c2)=[N+]([O-])c2ccc(F)cc21. The van der Waals surface area contributed by atoms with Gasteiger partial charge in [-0.3, -0.25) is 4.79 Å². The lowest BCUT2D eigenvalue weighted by atomic mass is 10.0. The van der Waals surface area contributed by atoms with Crippen LogP contribution in [-0.2, 0) is 0 Å². The van der Waals surface area contributed by atoms with E-state index >= 15 is 0 Å². The van der Waals surface area contributed by atoms with Gasteiger partial charge >= 0.3 is 0 Å². The highest BCUT2D eigenvalue weighted by Crippen LogP contribution is 2.29. The summed E-state index contributed by atoms with van der Waals surface area (Å²) in [5.74, 6) is -3.63. The molecular weight excluding hydrogens is 271 g/mol. The van der Waals surface area contributed by atoms with Crippen LogP contribution >= 0.6 is 0 Å². The maximum Gasteiger partial charge on any atom is 0.273 e. The van der Waals surface area contributed by atoms with E-state index in [9.17, 15) is 23.2 Å². The van der Waals surface area contributed by atoms with Crippen LogP contribution in [0.4, 0.5) is 18.9 Å². The van der Waals surface area contributed by atoms with Crippen molar-refractivity contribution in [3.8, 4) is 0 Å². The molecule has 0 saturated heterocycles. The number of carbonyl (C=O) groups excluding carboxylic acids is 1. The van der Waals surface area contributed by atoms with Crippen molar-refractivity contribution < 1.29 is 22.7 Å². The van der Waals surface area contributed by atoms with E-state index in [0.29, 0.717) is 4.74 Å². The third kappa shape index (κ3) is 1.69. The van der Waals surface area contributed by atoms with Gasteiger partial charge in [-0.05, 0) is 30.3 Å². The second-order valence-electron chi connectivity index (χ2n) is 4.26. The van der Waals surface area contributed by atoms with Gasteiger partial charge in [0.1, 0.15) is 11.4 Å². The normalized spacial score (nSPS) is 13.8. The van der Waals surface area contributed by atoms with E-state index in [1.165, 1.54) is 6.07 Å². The van der Waals surface area contributed by atoms with Crippen molar-refractivity contribution >= 4 is 17.2 Å². The first-order valence-electron chi connectivity index (χ1n) is 5.63. The zero-order chi connectivity index (χ0) is 14.4. The number of hydrogen-bond acceptors (Lipinski definition) is 2. The molecule has 1 heterocycles. The lowest BCUT2D eigenvalue weighted by molar-refractivity contribution is -0.355. The van der Waals surface area contributed by atoms with Gasteiger partial charge in [0.05, 0.1) is 5.56 Å². The van der Waals surface area contributed by atoms with Crippen molar-refractivity contribution in [1.29, 1.82) is 0 Å². The molecule has 0 amide bonds. The Morgan fingerprint density at radius 3 is 2.40 bits per heavy atom. The topological polar surface area (TPSA) is 43.1 Å². The van der Waals surface area contributed by atoms with Crippen LogP contribution in [0.15, 0.2) is 36.4 Å². The fraction of sp³-hybridized carbons (Fsp3) is 0. The smallest absolute Gasteiger partial charge is 0.273 e. The Labute approximate surface area is 111 Å². The van der Waals surface area contributed by atoms with Crippen LogP contribution in [0.2, 0.25) is 0 Å². The molecule has 2 aromatic carbocycles. The Morgan fingerprint density at radius 1 is 0.950 bits per heavy atom. The van der Waals surface area contributed by atoms with Gasteiger partial charge in [0.2, 0.25) is 5.69 Å². The fourth-order valence-electron chi connectivity index (χ4n) is 2.10. The quantitative estimate of drug-likeness (QED) is 0.594. The lowest BCUT2D eigenvalue weighted by Crippen LogP contribution is -2.17. The Hall–Kier alpha value is -2.63. The number of halogens is 3. The lowest BCUT2D eigenvalue weighted by Gasteiger charge is -2.02. The Morgan fingerprint density at radius 2 is 1.70 bits per heavy atom. The summed E-state index contributed by atoms with van der Waals surface area (Å²) >= 11 is 0. The molecule has 2 aromatic rings. The minimum absolute atomic E-state index is 0.0175. The zero-order valence-corrected chi connectivity index (χ0v) is 9.86. The Balaban J connectivity index is 2.18. The molecule has 0 radical (unpaired) electrons. The molecule has 0 aliphatic carbocycles. The van der Waals surface area contributed by atoms with Crippen LogP contribution < -0.4 is 0 Å². The molecule has 3 nitrogen and oxygen atoms in total. The van der Waals surface area contributed by atoms with Gasteiger partial charge in [-0.1, -0.05) is 0 Å². The zero-order valence-electron chi connectivity index (χ0n) is 9.86. The first-order chi connectivity index (χ1) is 9.49. The van der Waals surface area contributed by atoms with Crippen molar-refractivity contribution in [3.05, 3.63) is 70.2 Å². The van der Waals surface area contributed by atoms with Gasteiger partial charge in [0.15, 0.2) is 11.6 Å². The summed E-state index contributed by atoms with van der Waals surface area (Å²) in [5, 5.41) is 12.0. The minimum atomic E-state index is -1.17. The number of benzene rings is 2. The molecule has 6 heteroatoms. The molecule has 1 aliphatic rings. The molecule has 0 aromatic heterocycles. The maximum absolute atomic E-state index is 13.2. The first kappa shape index (κ1) is 12.4. The van der Waals surface area contributed by atoms with Crippen LogP contribution in [-0.4, -0.2) is 16.2 Å². The summed E-state index contributed by atoms with van der Waals surface area (Å²) in [6.45, 7) is 0. The molecule has 1 aliphatic heterocycles. The highest BCUT2D eigenvalue weighted by Gasteiger charge is 2.37. The van der Waals surface area contributed by atoms with Gasteiger partial charge in [0.25, 0.3) is 11.5 Å². The number of rotatable bonds is 1. The average Bonchev–Trinajstić information content (AvgIpc) is 2.65. The Kier molecular flexibility index (Phi) is 2.60. The summed E-state index contributed by atoms with van der Waals surface area (Å²) in [6, 6.07) is 5.86. The largest absolute Gasteiger partial charge is 0.618 e. The van der Waals surface area contributed by atoms with Gasteiger partial charge < -0.3 is 5.21 Å². The van der Waals surface area contributed by atoms with Crippen LogP contribution in [0.5, 0.6) is 0 Å². The van der Waals surface area contributed by atoms with Gasteiger partial charge in [-0.2, -0.15) is 4.74 Å². The second kappa shape index (κ2) is 4.19. The van der Waals surface area contributed by atoms with Gasteiger partial charge in [-0.25, -0.2) is 13.2 Å². The number of ketones is 1. The van der Waals surface area contributed by atoms with E-state index < -0.39 is 23.2 Å². The molecule has 100 valence electrons. The summed E-state index contributed by atoms with van der Waals surface area (Å²) in [6.07, 6.45) is 0. The molecule has 20 heavy (non-hydrogen) atoms. The summed E-state index contributed by atoms with van der Waals surface area (Å²) < 4.78 is 39.5. The van der Waals surface area contributed by atoms with E-state index in [2.05, 4.69) is 0 Å². The van der Waals surface area contributed by atoms with E-state index in [0.717, 1.165) is 30.3 Å². The van der Waals surface area contributed by atoms with Crippen LogP contribution in [0.1, 0.15) is 15.9 Å². The van der Waals surface area contributed by atoms with E-state index in [4.69, 9.17) is 0 Å². The van der Waals surface area contributed by atoms with Crippen molar-refractivity contribution in [3.63, 3.8) is 0 Å². The highest BCUT2D eigenvalue weighted by atomic mass is 19.2. The van der Waals surface area contributed by atoms with E-state index in [-0.39, 0.29) is 22.5 Å². The number of hydrogen-bond donors (Lipinski definition) is 0. The molecule has 0 saturated carbocycles. The molecule has 3 rings (SSSR count). The maximum atomic E-state index is 13.2. The highest BCUT2D eigenvalue weighted by molar-refractivity contribution is 6.52. The van der Waals surface area contributed by atoms with Crippen molar-refractivity contribution in [1.82, 2.24) is 0 Å². The molecule has 0 unspecified atom stereocenters. The minimum Gasteiger partial charge on any atom is -0.618 e. The summed E-state index contributed by atoms with van der Waals surface area (Å²) in [7, 11) is 0. The van der Waals surface area contributed by atoms with Crippen molar-refractivity contribution in [2.45, 2.75) is 0 Å². The monoisotopic (exact) mass is 277 g/mol. The van der Waals surface area contributed by atoms with Crippen molar-refractivity contribution in [2.75, 3.05) is 0 Å². The predicted octanol–water partition coefficient (Wildman–Crippen LogP) is 2.93. The molecule has 0 bridgehead atoms. The van der Waals surface area contributed by atoms with E-state index in [1.54, 1.807) is 0 Å². The van der Waals surface area contributed by atoms with Gasteiger partial charge in [-0.15, -0.1) is 0 Å². The van der Waals surface area contributed by atoms with Crippen LogP contribution in [0, 0.1) is 22.7 Å². The van der Waals surface area contributed by atoms with Crippen LogP contribution in [0.25, 0.3) is 0 Å². The molecular formula is C14H6F3NO2. The molecule has 0 fully saturated rings. The molecule has 0 spiro atoms. The number of carbonyl (C=O) groups is 1. The van der Waals surface area contributed by atoms with Crippen molar-refractivity contribution in [2.24, 2.45) is 0 Å². The predicted molar refractivity (Wildman–Crippen MR) is 64.5 cm³/mol. The van der Waals surface area contributed by atoms with Crippen LogP contribution in [0.3, 0.4) is 0 Å². The third-order valence-electron chi connectivity index (χ3n) is 3.03. The first-order valence-corrected chi connectivity index (χ1v) is 5.63. The summed E-state index contributed by atoms with van der Waals surface area (Å²) in [4.78, 5) is 12.1. The van der Waals surface area contributed by atoms with Gasteiger partial charge in [0, 0.05) is 6.07 Å². The Bertz CT molecular complexity index is 784. The standard InChI is InChI=1S/C14H6F3NO2/c15-8-2-4-12-9(6-8)14(19)13(18(12)20)7-1-3-10(16)11(17)5-7/h1-6H.